The van der Waals surface area contributed by atoms with Gasteiger partial charge in [0.05, 0.1) is 0 Å². The van der Waals surface area contributed by atoms with Gasteiger partial charge < -0.3 is 0 Å². The van der Waals surface area contributed by atoms with Gasteiger partial charge in [-0.1, -0.05) is 0 Å². The molecule has 0 fully saturated rings. The number of pyridine rings is 3. The topological polar surface area (TPSA) is 118 Å². The molecule has 335 valence electrons. The van der Waals surface area contributed by atoms with Crippen molar-refractivity contribution in [2.75, 3.05) is 0 Å². The van der Waals surface area contributed by atoms with E-state index in [1.807, 2.05) is 0 Å². The summed E-state index contributed by atoms with van der Waals surface area (Å²) in [4.78, 5) is 44.3. The Morgan fingerprint density at radius 1 is 0.393 bits per heavy atom. The number of aromatic nitrogens is 3. The molecule has 3 aromatic rings. The van der Waals surface area contributed by atoms with E-state index in [0.29, 0.717) is 41.5 Å². The van der Waals surface area contributed by atoms with Crippen molar-refractivity contribution >= 4 is 34.1 Å². The Balaban J connectivity index is 2.52. The quantitative estimate of drug-likeness (QED) is 0.0575. The van der Waals surface area contributed by atoms with Gasteiger partial charge in [0.15, 0.2) is 0 Å². The molecule has 0 radical (unpaired) electrons. The summed E-state index contributed by atoms with van der Waals surface area (Å²) in [5.41, 5.74) is -20.0. The number of carbonyl (C=O) groups excluding carboxylic acids is 3. The fraction of sp³-hybridized carbons (Fsp3) is 0.273. The van der Waals surface area contributed by atoms with Gasteiger partial charge in [0, 0.05) is 0 Å². The van der Waals surface area contributed by atoms with Crippen LogP contribution in [0.2, 0.25) is 0 Å². The molecule has 3 heterocycles. The van der Waals surface area contributed by atoms with Crippen molar-refractivity contribution in [3.63, 3.8) is 0 Å². The van der Waals surface area contributed by atoms with E-state index in [9.17, 15) is 80.2 Å². The van der Waals surface area contributed by atoms with Crippen LogP contribution in [-0.2, 0) is 59.3 Å². The SMILES string of the molecule is CC(=O)/C(=C(/C)[O][Fe]([O]/C(C)=C(\C(C)=O)c1c(F)c(F)nc(C(F)(F)F)c1F)[O]/C(C)=C(\C(C)=O)c1c(F)c(F)nc(C(F)(F)F)c1F)c1c(F)c(F)nc(C(F)(F)F)c1F. The van der Waals surface area contributed by atoms with Crippen molar-refractivity contribution in [1.29, 1.82) is 0 Å². The van der Waals surface area contributed by atoms with Crippen molar-refractivity contribution < 1.29 is 120 Å². The molecule has 0 atom stereocenters. The summed E-state index contributed by atoms with van der Waals surface area (Å²) < 4.78 is 270. The maximum absolute atomic E-state index is 15.2. The van der Waals surface area contributed by atoms with E-state index in [1.54, 1.807) is 0 Å². The summed E-state index contributed by atoms with van der Waals surface area (Å²) in [7, 11) is 0. The third-order valence-corrected chi connectivity index (χ3v) is 8.85. The molecule has 0 saturated heterocycles. The van der Waals surface area contributed by atoms with Gasteiger partial charge >= 0.3 is 333 Å². The number of allylic oxidation sites excluding steroid dienone is 6. The van der Waals surface area contributed by atoms with Crippen LogP contribution in [0.3, 0.4) is 0 Å². The van der Waals surface area contributed by atoms with Crippen LogP contribution in [-0.4, -0.2) is 32.3 Å². The Kier molecular flexibility index (Phi) is 14.5. The first-order valence-electron chi connectivity index (χ1n) is 15.4. The van der Waals surface area contributed by atoms with E-state index >= 15 is 13.2 Å². The van der Waals surface area contributed by atoms with Crippen LogP contribution in [0.25, 0.3) is 16.7 Å². The molecule has 28 heteroatoms. The standard InChI is InChI=1S/3C11H7F6NO2.Fe/c3*1-3(19)5(4(2)20)6-7(12)9(11(15,16)17)18-10(14)8(6)13;/h3*19H,1-2H3;/q;;;+3/p-3/b3*5-3+;. The Morgan fingerprint density at radius 3 is 0.754 bits per heavy atom. The van der Waals surface area contributed by atoms with Crippen LogP contribution < -0.4 is 0 Å². The summed E-state index contributed by atoms with van der Waals surface area (Å²) in [5.74, 6) is -33.7. The summed E-state index contributed by atoms with van der Waals surface area (Å²) in [6, 6.07) is 0. The average Bonchev–Trinajstić information content (AvgIpc) is 3.09. The van der Waals surface area contributed by atoms with E-state index < -0.39 is 171 Å². The molecular formula is C33H18F18FeN3O6. The van der Waals surface area contributed by atoms with Crippen molar-refractivity contribution in [2.24, 2.45) is 0 Å². The van der Waals surface area contributed by atoms with E-state index in [1.165, 1.54) is 0 Å². The molecule has 9 nitrogen and oxygen atoms in total. The molecule has 0 saturated carbocycles. The van der Waals surface area contributed by atoms with Crippen LogP contribution in [0.4, 0.5) is 79.0 Å². The molecule has 0 aliphatic rings. The summed E-state index contributed by atoms with van der Waals surface area (Å²) in [5, 5.41) is 0. The van der Waals surface area contributed by atoms with Gasteiger partial charge in [0.1, 0.15) is 0 Å². The first-order chi connectivity index (χ1) is 27.7. The van der Waals surface area contributed by atoms with E-state index in [4.69, 9.17) is 11.5 Å². The van der Waals surface area contributed by atoms with Crippen molar-refractivity contribution in [1.82, 2.24) is 15.0 Å². The molecule has 0 unspecified atom stereocenters. The normalized spacial score (nSPS) is 13.9. The number of carbonyl (C=O) groups is 3. The molecular weight excluding hydrogens is 932 g/mol. The minimum absolute atomic E-state index is 0.361. The maximum atomic E-state index is 15.2. The summed E-state index contributed by atoms with van der Waals surface area (Å²) >= 11 is -4.41. The third-order valence-electron chi connectivity index (χ3n) is 7.28. The van der Waals surface area contributed by atoms with Crippen LogP contribution in [0.15, 0.2) is 17.3 Å². The van der Waals surface area contributed by atoms with Crippen molar-refractivity contribution in [3.05, 3.63) is 104 Å². The Bertz CT molecular complexity index is 2180. The predicted octanol–water partition coefficient (Wildman–Crippen LogP) is 9.95. The number of hydrogen-bond donors (Lipinski definition) is 0. The average molecular weight is 950 g/mol. The Hall–Kier alpha value is -5.66. The number of alkyl halides is 9. The number of halogens is 18. The van der Waals surface area contributed by atoms with Crippen LogP contribution in [0, 0.1) is 52.7 Å². The second-order valence-corrected chi connectivity index (χ2v) is 12.8. The first-order valence-corrected chi connectivity index (χ1v) is 16.8. The molecule has 0 aliphatic carbocycles. The van der Waals surface area contributed by atoms with E-state index in [-0.39, 0.29) is 0 Å². The van der Waals surface area contributed by atoms with Crippen molar-refractivity contribution in [3.8, 4) is 0 Å². The molecule has 0 N–H and O–H groups in total. The van der Waals surface area contributed by atoms with Crippen LogP contribution >= 0.6 is 0 Å². The number of rotatable bonds is 12. The van der Waals surface area contributed by atoms with E-state index in [2.05, 4.69) is 15.0 Å². The minimum atomic E-state index is -5.90. The monoisotopic (exact) mass is 950 g/mol. The third kappa shape index (κ3) is 10.3. The molecule has 0 spiro atoms. The second-order valence-electron chi connectivity index (χ2n) is 11.6. The summed E-state index contributed by atoms with van der Waals surface area (Å²) in [6.45, 7) is 2.30. The molecule has 61 heavy (non-hydrogen) atoms. The van der Waals surface area contributed by atoms with Gasteiger partial charge in [0.2, 0.25) is 0 Å². The van der Waals surface area contributed by atoms with Gasteiger partial charge in [-0.3, -0.25) is 0 Å². The molecule has 0 aliphatic heterocycles. The molecule has 0 bridgehead atoms. The number of ketones is 3. The van der Waals surface area contributed by atoms with Gasteiger partial charge in [-0.15, -0.1) is 0 Å². The summed E-state index contributed by atoms with van der Waals surface area (Å²) in [6.07, 6.45) is -17.7. The fourth-order valence-electron chi connectivity index (χ4n) is 4.98. The fourth-order valence-corrected chi connectivity index (χ4v) is 6.29. The zero-order valence-electron chi connectivity index (χ0n) is 30.4. The predicted molar refractivity (Wildman–Crippen MR) is 160 cm³/mol. The number of nitrogens with zero attached hydrogens (tertiary/aromatic N) is 3. The second kappa shape index (κ2) is 17.7. The zero-order chi connectivity index (χ0) is 47.2. The number of Topliss-reactive ketones (excluding diaryl/α,β-unsaturated/α-hetero) is 3. The van der Waals surface area contributed by atoms with Gasteiger partial charge in [-0.05, 0) is 0 Å². The number of hydrogen-bond acceptors (Lipinski definition) is 9. The molecule has 0 aromatic carbocycles. The first kappa shape index (κ1) is 49.7. The van der Waals surface area contributed by atoms with Crippen molar-refractivity contribution in [2.45, 2.75) is 60.1 Å². The molecule has 3 aromatic heterocycles. The van der Waals surface area contributed by atoms with Gasteiger partial charge in [0.25, 0.3) is 0 Å². The van der Waals surface area contributed by atoms with Crippen LogP contribution in [0.5, 0.6) is 0 Å². The molecule has 0 amide bonds. The van der Waals surface area contributed by atoms with E-state index in [0.717, 1.165) is 0 Å². The Morgan fingerprint density at radius 2 is 0.590 bits per heavy atom. The Labute approximate surface area is 332 Å². The van der Waals surface area contributed by atoms with Gasteiger partial charge in [-0.2, -0.15) is 0 Å². The van der Waals surface area contributed by atoms with Gasteiger partial charge in [-0.25, -0.2) is 0 Å². The zero-order valence-corrected chi connectivity index (χ0v) is 31.6. The molecule has 3 rings (SSSR count). The van der Waals surface area contributed by atoms with Crippen LogP contribution in [0.1, 0.15) is 75.3 Å².